The molecular formula is C34H57NO4. The molecule has 6 fully saturated rings. The van der Waals surface area contributed by atoms with Crippen molar-refractivity contribution in [2.75, 3.05) is 6.54 Å². The summed E-state index contributed by atoms with van der Waals surface area (Å²) >= 11 is 0. The summed E-state index contributed by atoms with van der Waals surface area (Å²) in [4.78, 5) is 14.9. The molecular weight excluding hydrogens is 486 g/mol. The number of amides is 1. The molecule has 5 nitrogen and oxygen atoms in total. The normalized spacial score (nSPS) is 53.5. The molecule has 1 saturated heterocycles. The minimum Gasteiger partial charge on any atom is -0.393 e. The Hall–Kier alpha value is -0.650. The molecule has 1 heterocycles. The lowest BCUT2D eigenvalue weighted by molar-refractivity contribution is -0.182. The molecule has 1 amide bonds. The molecule has 0 aromatic rings. The Bertz CT molecular complexity index is 1020. The fourth-order valence-electron chi connectivity index (χ4n) is 12.7. The van der Waals surface area contributed by atoms with Crippen LogP contribution in [0.2, 0.25) is 0 Å². The van der Waals surface area contributed by atoms with Crippen molar-refractivity contribution in [1.29, 1.82) is 0 Å². The largest absolute Gasteiger partial charge is 0.393 e. The fourth-order valence-corrected chi connectivity index (χ4v) is 12.7. The molecule has 6 rings (SSSR count). The first kappa shape index (κ1) is 28.5. The molecule has 0 bridgehead atoms. The number of carbonyl (C=O) groups is 1. The van der Waals surface area contributed by atoms with Crippen LogP contribution in [0, 0.1) is 50.7 Å². The number of carbonyl (C=O) groups excluding carboxylic acids is 1. The van der Waals surface area contributed by atoms with Crippen molar-refractivity contribution in [2.24, 2.45) is 50.7 Å². The highest BCUT2D eigenvalue weighted by Gasteiger charge is 2.84. The average Bonchev–Trinajstić information content (AvgIpc) is 3.49. The van der Waals surface area contributed by atoms with Crippen LogP contribution in [0.25, 0.3) is 0 Å². The van der Waals surface area contributed by atoms with Crippen LogP contribution < -0.4 is 0 Å². The molecule has 2 N–H and O–H groups in total. The molecule has 2 spiro atoms. The van der Waals surface area contributed by atoms with Gasteiger partial charge >= 0.3 is 0 Å². The standard InChI is InChI=1S/C34H57NO4/c1-10-25(37)35(29(3,4)5)18-21-17-20(2)26-27(39-21)28(38)32(9)23-12-11-22-30(6,7)24(36)13-14-33(22)19-34(23,33)16-15-31(26,32)8/h20-24,26-28,36,38H,10-19H2,1-9H3/t20-,21-,22?,23?,24+,26+,27+,28+,31-,32-,33-,34+/m1/s1. The highest BCUT2D eigenvalue weighted by Crippen LogP contribution is 2.89. The van der Waals surface area contributed by atoms with Crippen LogP contribution in [0.4, 0.5) is 0 Å². The Morgan fingerprint density at radius 1 is 0.974 bits per heavy atom. The zero-order valence-electron chi connectivity index (χ0n) is 26.3. The van der Waals surface area contributed by atoms with E-state index >= 15 is 0 Å². The maximum absolute atomic E-state index is 12.9. The van der Waals surface area contributed by atoms with E-state index in [0.29, 0.717) is 47.5 Å². The van der Waals surface area contributed by atoms with Crippen LogP contribution in [-0.2, 0) is 9.53 Å². The zero-order chi connectivity index (χ0) is 28.6. The van der Waals surface area contributed by atoms with E-state index in [2.05, 4.69) is 55.4 Å². The lowest BCUT2D eigenvalue weighted by atomic mass is 9.41. The Labute approximate surface area is 237 Å². The summed E-state index contributed by atoms with van der Waals surface area (Å²) in [6.07, 6.45) is 8.83. The van der Waals surface area contributed by atoms with Crippen molar-refractivity contribution < 1.29 is 19.7 Å². The number of rotatable bonds is 3. The second-order valence-corrected chi connectivity index (χ2v) is 17.2. The lowest BCUT2D eigenvalue weighted by Crippen LogP contribution is -2.59. The number of fused-ring (bicyclic) bond motifs is 4. The smallest absolute Gasteiger partial charge is 0.222 e. The Balaban J connectivity index is 1.30. The van der Waals surface area contributed by atoms with Crippen LogP contribution in [0.5, 0.6) is 0 Å². The van der Waals surface area contributed by atoms with E-state index in [-0.39, 0.29) is 46.0 Å². The third kappa shape index (κ3) is 3.39. The van der Waals surface area contributed by atoms with Crippen molar-refractivity contribution in [3.05, 3.63) is 0 Å². The predicted octanol–water partition coefficient (Wildman–Crippen LogP) is 6.20. The number of hydrogen-bond donors (Lipinski definition) is 2. The van der Waals surface area contributed by atoms with Crippen molar-refractivity contribution in [1.82, 2.24) is 4.90 Å². The minimum atomic E-state index is -0.471. The molecule has 0 aromatic heterocycles. The average molecular weight is 544 g/mol. The molecule has 39 heavy (non-hydrogen) atoms. The van der Waals surface area contributed by atoms with Crippen LogP contribution in [0.3, 0.4) is 0 Å². The molecule has 0 aromatic carbocycles. The first-order chi connectivity index (χ1) is 18.0. The molecule has 12 atom stereocenters. The number of ether oxygens (including phenoxy) is 1. The zero-order valence-corrected chi connectivity index (χ0v) is 26.3. The van der Waals surface area contributed by atoms with E-state index in [0.717, 1.165) is 19.3 Å². The van der Waals surface area contributed by atoms with Gasteiger partial charge in [-0.3, -0.25) is 4.79 Å². The summed E-state index contributed by atoms with van der Waals surface area (Å²) in [7, 11) is 0. The monoisotopic (exact) mass is 543 g/mol. The molecule has 5 heteroatoms. The highest BCUT2D eigenvalue weighted by molar-refractivity contribution is 5.76. The summed E-state index contributed by atoms with van der Waals surface area (Å²) in [5.74, 6) is 2.11. The maximum atomic E-state index is 12.9. The lowest BCUT2D eigenvalue weighted by Gasteiger charge is -2.63. The van der Waals surface area contributed by atoms with Crippen molar-refractivity contribution in [3.8, 4) is 0 Å². The van der Waals surface area contributed by atoms with Gasteiger partial charge in [0.25, 0.3) is 0 Å². The van der Waals surface area contributed by atoms with Crippen LogP contribution in [0.15, 0.2) is 0 Å². The predicted molar refractivity (Wildman–Crippen MR) is 154 cm³/mol. The van der Waals surface area contributed by atoms with Gasteiger partial charge in [0.05, 0.1) is 24.4 Å². The summed E-state index contributed by atoms with van der Waals surface area (Å²) in [6.45, 7) is 20.9. The van der Waals surface area contributed by atoms with E-state index in [4.69, 9.17) is 4.74 Å². The molecule has 222 valence electrons. The van der Waals surface area contributed by atoms with Crippen molar-refractivity contribution in [3.63, 3.8) is 0 Å². The van der Waals surface area contributed by atoms with Gasteiger partial charge in [0.15, 0.2) is 0 Å². The number of aliphatic hydroxyl groups excluding tert-OH is 2. The Morgan fingerprint density at radius 2 is 1.62 bits per heavy atom. The molecule has 0 radical (unpaired) electrons. The van der Waals surface area contributed by atoms with E-state index in [9.17, 15) is 15.0 Å². The highest BCUT2D eigenvalue weighted by atomic mass is 16.5. The molecule has 5 saturated carbocycles. The van der Waals surface area contributed by atoms with Gasteiger partial charge < -0.3 is 19.8 Å². The maximum Gasteiger partial charge on any atom is 0.222 e. The van der Waals surface area contributed by atoms with Gasteiger partial charge in [-0.25, -0.2) is 0 Å². The molecule has 5 aliphatic carbocycles. The third-order valence-electron chi connectivity index (χ3n) is 14.7. The summed E-state index contributed by atoms with van der Waals surface area (Å²) in [5.41, 5.74) is 0.316. The van der Waals surface area contributed by atoms with Gasteiger partial charge in [-0.15, -0.1) is 0 Å². The summed E-state index contributed by atoms with van der Waals surface area (Å²) in [5, 5.41) is 23.4. The van der Waals surface area contributed by atoms with Crippen molar-refractivity contribution in [2.45, 2.75) is 150 Å². The molecule has 2 unspecified atom stereocenters. The van der Waals surface area contributed by atoms with E-state index < -0.39 is 6.10 Å². The molecule has 1 aliphatic heterocycles. The van der Waals surface area contributed by atoms with Gasteiger partial charge in [0, 0.05) is 23.9 Å². The number of nitrogens with zero attached hydrogens (tertiary/aromatic N) is 1. The van der Waals surface area contributed by atoms with Gasteiger partial charge in [-0.05, 0) is 117 Å². The van der Waals surface area contributed by atoms with Gasteiger partial charge in [0.2, 0.25) is 5.91 Å². The van der Waals surface area contributed by atoms with Crippen molar-refractivity contribution >= 4 is 5.91 Å². The number of aliphatic hydroxyl groups is 2. The quantitative estimate of drug-likeness (QED) is 0.445. The van der Waals surface area contributed by atoms with Crippen LogP contribution in [-0.4, -0.2) is 57.5 Å². The van der Waals surface area contributed by atoms with Gasteiger partial charge in [-0.2, -0.15) is 0 Å². The summed E-state index contributed by atoms with van der Waals surface area (Å²) < 4.78 is 6.94. The Kier molecular flexibility index (Phi) is 6.18. The van der Waals surface area contributed by atoms with E-state index in [1.54, 1.807) is 0 Å². The number of hydrogen-bond acceptors (Lipinski definition) is 4. The van der Waals surface area contributed by atoms with Crippen LogP contribution >= 0.6 is 0 Å². The van der Waals surface area contributed by atoms with Gasteiger partial charge in [-0.1, -0.05) is 41.5 Å². The Morgan fingerprint density at radius 3 is 2.26 bits per heavy atom. The minimum absolute atomic E-state index is 0.0175. The second kappa shape index (κ2) is 8.47. The van der Waals surface area contributed by atoms with Gasteiger partial charge in [0.1, 0.15) is 0 Å². The summed E-state index contributed by atoms with van der Waals surface area (Å²) in [6, 6.07) is 0. The van der Waals surface area contributed by atoms with E-state index in [1.165, 1.54) is 32.1 Å². The third-order valence-corrected chi connectivity index (χ3v) is 14.7. The first-order valence-electron chi connectivity index (χ1n) is 16.3. The SMILES string of the molecule is CCC(=O)N(C[C@H]1C[C@@H](C)[C@H]2[C@H](O1)[C@H](O)[C@@]1(C)C3CCC4C(C)(C)[C@@H](O)CC[C@@]45C[C@@]35CC[C@]21C)C(C)(C)C. The van der Waals surface area contributed by atoms with E-state index in [1.807, 2.05) is 11.8 Å². The first-order valence-corrected chi connectivity index (χ1v) is 16.3. The van der Waals surface area contributed by atoms with Crippen LogP contribution in [0.1, 0.15) is 120 Å². The second-order valence-electron chi connectivity index (χ2n) is 17.2. The fraction of sp³-hybridized carbons (Fsp3) is 0.971. The molecule has 6 aliphatic rings. The topological polar surface area (TPSA) is 70.0 Å².